The highest BCUT2D eigenvalue weighted by Crippen LogP contribution is 2.37. The van der Waals surface area contributed by atoms with Gasteiger partial charge in [-0.2, -0.15) is 0 Å². The maximum Gasteiger partial charge on any atom is 0.226 e. The second-order valence-corrected chi connectivity index (χ2v) is 10.1. The zero-order valence-corrected chi connectivity index (χ0v) is 20.0. The Labute approximate surface area is 195 Å². The third-order valence-electron chi connectivity index (χ3n) is 6.29. The predicted octanol–water partition coefficient (Wildman–Crippen LogP) is 5.26. The predicted molar refractivity (Wildman–Crippen MR) is 129 cm³/mol. The van der Waals surface area contributed by atoms with Crippen LogP contribution in [0.2, 0.25) is 0 Å². The summed E-state index contributed by atoms with van der Waals surface area (Å²) in [6, 6.07) is 12.6. The van der Waals surface area contributed by atoms with E-state index in [-0.39, 0.29) is 5.92 Å². The van der Waals surface area contributed by atoms with E-state index in [1.165, 1.54) is 11.1 Å². The van der Waals surface area contributed by atoms with E-state index in [4.69, 9.17) is 9.72 Å². The minimum Gasteiger partial charge on any atom is -0.493 e. The van der Waals surface area contributed by atoms with Crippen LogP contribution in [0.1, 0.15) is 30.9 Å². The molecule has 1 saturated heterocycles. The number of hydrogen-bond donors (Lipinski definition) is 0. The van der Waals surface area contributed by atoms with Crippen molar-refractivity contribution >= 4 is 48.5 Å². The summed E-state index contributed by atoms with van der Waals surface area (Å²) in [6.45, 7) is 5.97. The molecule has 0 atom stereocenters. The van der Waals surface area contributed by atoms with E-state index in [1.807, 2.05) is 13.0 Å². The van der Waals surface area contributed by atoms with Gasteiger partial charge in [-0.15, -0.1) is 0 Å². The lowest BCUT2D eigenvalue weighted by atomic mass is 9.93. The Morgan fingerprint density at radius 1 is 1.19 bits per heavy atom. The Kier molecular flexibility index (Phi) is 5.89. The van der Waals surface area contributed by atoms with Gasteiger partial charge in [0.1, 0.15) is 5.75 Å². The van der Waals surface area contributed by atoms with Crippen molar-refractivity contribution in [3.05, 3.63) is 52.0 Å². The SMILES string of the molecule is CCOc1cc2sc(N3CCC(C(=O)N4CCc5ccccc5C4)CC3)nc2cc1Br. The summed E-state index contributed by atoms with van der Waals surface area (Å²) in [6.07, 6.45) is 2.74. The Morgan fingerprint density at radius 2 is 1.97 bits per heavy atom. The third-order valence-corrected chi connectivity index (χ3v) is 7.99. The van der Waals surface area contributed by atoms with E-state index in [1.54, 1.807) is 11.3 Å². The standard InChI is InChI=1S/C24H26BrN3O2S/c1-2-30-21-14-22-20(13-19(21)25)26-24(31-22)27-10-8-17(9-11-27)23(29)28-12-7-16-5-3-4-6-18(16)15-28/h3-6,13-14,17H,2,7-12,15H2,1H3. The van der Waals surface area contributed by atoms with Crippen LogP contribution in [0.3, 0.4) is 0 Å². The summed E-state index contributed by atoms with van der Waals surface area (Å²) in [4.78, 5) is 22.4. The van der Waals surface area contributed by atoms with Crippen molar-refractivity contribution < 1.29 is 9.53 Å². The lowest BCUT2D eigenvalue weighted by Crippen LogP contribution is -2.44. The molecule has 2 aliphatic heterocycles. The van der Waals surface area contributed by atoms with Crippen molar-refractivity contribution in [1.29, 1.82) is 0 Å². The number of hydrogen-bond acceptors (Lipinski definition) is 5. The fourth-order valence-electron chi connectivity index (χ4n) is 4.58. The molecule has 0 N–H and O–H groups in total. The average molecular weight is 500 g/mol. The van der Waals surface area contributed by atoms with Crippen LogP contribution in [-0.4, -0.2) is 42.0 Å². The van der Waals surface area contributed by atoms with Gasteiger partial charge in [0.05, 0.1) is 21.3 Å². The number of halogens is 1. The second kappa shape index (κ2) is 8.79. The monoisotopic (exact) mass is 499 g/mol. The number of ether oxygens (including phenoxy) is 1. The molecule has 5 rings (SSSR count). The summed E-state index contributed by atoms with van der Waals surface area (Å²) < 4.78 is 7.76. The first-order valence-corrected chi connectivity index (χ1v) is 12.6. The van der Waals surface area contributed by atoms with Crippen LogP contribution in [0.4, 0.5) is 5.13 Å². The number of benzene rings is 2. The smallest absolute Gasteiger partial charge is 0.226 e. The molecule has 0 radical (unpaired) electrons. The van der Waals surface area contributed by atoms with E-state index in [9.17, 15) is 4.79 Å². The highest BCUT2D eigenvalue weighted by atomic mass is 79.9. The molecule has 1 fully saturated rings. The average Bonchev–Trinajstić information content (AvgIpc) is 3.21. The van der Waals surface area contributed by atoms with Crippen LogP contribution in [0, 0.1) is 5.92 Å². The highest BCUT2D eigenvalue weighted by molar-refractivity contribution is 9.10. The fourth-order valence-corrected chi connectivity index (χ4v) is 6.05. The molecule has 1 aromatic heterocycles. The topological polar surface area (TPSA) is 45.7 Å². The van der Waals surface area contributed by atoms with E-state index in [0.29, 0.717) is 12.5 Å². The molecule has 3 heterocycles. The van der Waals surface area contributed by atoms with Crippen molar-refractivity contribution in [2.75, 3.05) is 31.1 Å². The van der Waals surface area contributed by atoms with Gasteiger partial charge in [0.15, 0.2) is 5.13 Å². The van der Waals surface area contributed by atoms with Gasteiger partial charge in [-0.3, -0.25) is 4.79 Å². The van der Waals surface area contributed by atoms with E-state index < -0.39 is 0 Å². The van der Waals surface area contributed by atoms with Crippen molar-refractivity contribution in [2.24, 2.45) is 5.92 Å². The molecule has 162 valence electrons. The number of carbonyl (C=O) groups excluding carboxylic acids is 1. The van der Waals surface area contributed by atoms with Gasteiger partial charge >= 0.3 is 0 Å². The first-order chi connectivity index (χ1) is 15.1. The van der Waals surface area contributed by atoms with Gasteiger partial charge in [-0.05, 0) is 59.3 Å². The quantitative estimate of drug-likeness (QED) is 0.491. The molecule has 1 amide bonds. The fraction of sp³-hybridized carbons (Fsp3) is 0.417. The maximum absolute atomic E-state index is 13.2. The number of amides is 1. The molecule has 2 aliphatic rings. The zero-order chi connectivity index (χ0) is 21.4. The Bertz CT molecular complexity index is 1110. The molecule has 0 aliphatic carbocycles. The summed E-state index contributed by atoms with van der Waals surface area (Å²) in [5.41, 5.74) is 3.67. The van der Waals surface area contributed by atoms with Crippen molar-refractivity contribution in [1.82, 2.24) is 9.88 Å². The number of piperidine rings is 1. The summed E-state index contributed by atoms with van der Waals surface area (Å²) >= 11 is 5.28. The molecule has 3 aromatic rings. The lowest BCUT2D eigenvalue weighted by Gasteiger charge is -2.36. The van der Waals surface area contributed by atoms with Gasteiger partial charge < -0.3 is 14.5 Å². The van der Waals surface area contributed by atoms with E-state index in [0.717, 1.165) is 71.0 Å². The van der Waals surface area contributed by atoms with Gasteiger partial charge in [-0.1, -0.05) is 35.6 Å². The molecular formula is C24H26BrN3O2S. The van der Waals surface area contributed by atoms with Crippen LogP contribution in [0.5, 0.6) is 5.75 Å². The van der Waals surface area contributed by atoms with E-state index >= 15 is 0 Å². The number of thiazole rings is 1. The normalized spacial score (nSPS) is 17.1. The van der Waals surface area contributed by atoms with Gasteiger partial charge in [0.25, 0.3) is 0 Å². The van der Waals surface area contributed by atoms with Crippen LogP contribution < -0.4 is 9.64 Å². The number of rotatable bonds is 4. The zero-order valence-electron chi connectivity index (χ0n) is 17.6. The number of carbonyl (C=O) groups is 1. The summed E-state index contributed by atoms with van der Waals surface area (Å²) in [5, 5.41) is 1.04. The lowest BCUT2D eigenvalue weighted by molar-refractivity contribution is -0.137. The van der Waals surface area contributed by atoms with Crippen LogP contribution in [0.15, 0.2) is 40.9 Å². The first-order valence-electron chi connectivity index (χ1n) is 11.0. The van der Waals surface area contributed by atoms with Crippen molar-refractivity contribution in [2.45, 2.75) is 32.7 Å². The summed E-state index contributed by atoms with van der Waals surface area (Å²) in [5.74, 6) is 1.30. The number of fused-ring (bicyclic) bond motifs is 2. The Hall–Kier alpha value is -2.12. The highest BCUT2D eigenvalue weighted by Gasteiger charge is 2.31. The molecule has 0 unspecified atom stereocenters. The van der Waals surface area contributed by atoms with E-state index in [2.05, 4.69) is 56.1 Å². The Balaban J connectivity index is 1.24. The molecule has 7 heteroatoms. The van der Waals surface area contributed by atoms with Gasteiger partial charge in [0, 0.05) is 38.2 Å². The van der Waals surface area contributed by atoms with Gasteiger partial charge in [0.2, 0.25) is 5.91 Å². The number of nitrogens with zero attached hydrogens (tertiary/aromatic N) is 3. The van der Waals surface area contributed by atoms with Crippen LogP contribution in [0.25, 0.3) is 10.2 Å². The Morgan fingerprint density at radius 3 is 2.74 bits per heavy atom. The van der Waals surface area contributed by atoms with Crippen LogP contribution in [-0.2, 0) is 17.8 Å². The van der Waals surface area contributed by atoms with Crippen molar-refractivity contribution in [3.63, 3.8) is 0 Å². The molecule has 0 spiro atoms. The number of aromatic nitrogens is 1. The molecule has 0 saturated carbocycles. The van der Waals surface area contributed by atoms with Gasteiger partial charge in [-0.25, -0.2) is 4.98 Å². The number of anilines is 1. The maximum atomic E-state index is 13.2. The molecule has 2 aromatic carbocycles. The molecule has 5 nitrogen and oxygen atoms in total. The minimum atomic E-state index is 0.120. The third kappa shape index (κ3) is 4.17. The molecular weight excluding hydrogens is 474 g/mol. The first kappa shape index (κ1) is 20.8. The largest absolute Gasteiger partial charge is 0.493 e. The van der Waals surface area contributed by atoms with Crippen LogP contribution >= 0.6 is 27.3 Å². The minimum absolute atomic E-state index is 0.120. The second-order valence-electron chi connectivity index (χ2n) is 8.22. The molecule has 31 heavy (non-hydrogen) atoms. The van der Waals surface area contributed by atoms with Crippen molar-refractivity contribution in [3.8, 4) is 5.75 Å². The molecule has 0 bridgehead atoms. The summed E-state index contributed by atoms with van der Waals surface area (Å²) in [7, 11) is 0.